The van der Waals surface area contributed by atoms with Crippen LogP contribution in [0, 0.1) is 5.92 Å². The Labute approximate surface area is 76.2 Å². The number of carboxylic acids is 1. The maximum Gasteiger partial charge on any atom is 0.326 e. The molecular formula is C8H15NO4. The summed E-state index contributed by atoms with van der Waals surface area (Å²) in [6, 6.07) is 0. The lowest BCUT2D eigenvalue weighted by Crippen LogP contribution is -2.62. The summed E-state index contributed by atoms with van der Waals surface area (Å²) in [6.45, 7) is 1.76. The Hall–Kier alpha value is -0.650. The van der Waals surface area contributed by atoms with Gasteiger partial charge in [0.2, 0.25) is 0 Å². The third kappa shape index (κ3) is 1.67. The average Bonchev–Trinajstić information content (AvgIpc) is 2.01. The highest BCUT2D eigenvalue weighted by molar-refractivity contribution is 5.79. The summed E-state index contributed by atoms with van der Waals surface area (Å²) in [7, 11) is 0. The van der Waals surface area contributed by atoms with Gasteiger partial charge >= 0.3 is 5.97 Å². The van der Waals surface area contributed by atoms with Gasteiger partial charge < -0.3 is 21.1 Å². The fraction of sp³-hybridized carbons (Fsp3) is 0.875. The number of hydrogen-bond acceptors (Lipinski definition) is 4. The smallest absolute Gasteiger partial charge is 0.326 e. The van der Waals surface area contributed by atoms with Crippen LogP contribution in [-0.4, -0.2) is 39.0 Å². The zero-order valence-electron chi connectivity index (χ0n) is 7.47. The maximum absolute atomic E-state index is 10.7. The third-order valence-electron chi connectivity index (χ3n) is 2.79. The van der Waals surface area contributed by atoms with Crippen LogP contribution in [0.2, 0.25) is 0 Å². The first-order chi connectivity index (χ1) is 5.88. The van der Waals surface area contributed by atoms with Crippen LogP contribution >= 0.6 is 0 Å². The van der Waals surface area contributed by atoms with Crippen LogP contribution in [0.1, 0.15) is 19.8 Å². The van der Waals surface area contributed by atoms with Crippen LogP contribution in [0.3, 0.4) is 0 Å². The fourth-order valence-electron chi connectivity index (χ4n) is 1.63. The molecule has 1 aliphatic rings. The quantitative estimate of drug-likeness (QED) is 0.420. The van der Waals surface area contributed by atoms with Crippen molar-refractivity contribution in [3.8, 4) is 0 Å². The Morgan fingerprint density at radius 3 is 2.54 bits per heavy atom. The molecule has 0 heterocycles. The summed E-state index contributed by atoms with van der Waals surface area (Å²) < 4.78 is 0. The van der Waals surface area contributed by atoms with Gasteiger partial charge in [-0.1, -0.05) is 6.92 Å². The number of nitrogens with two attached hydrogens (primary N) is 1. The standard InChI is InChI=1S/C8H15NO4/c1-4-2-6(11)8(9,7(12)13)3-5(4)10/h4-6,10-11H,2-3,9H2,1H3,(H,12,13). The Kier molecular flexibility index (Phi) is 2.61. The molecule has 13 heavy (non-hydrogen) atoms. The maximum atomic E-state index is 10.7. The lowest BCUT2D eigenvalue weighted by molar-refractivity contribution is -0.155. The second kappa shape index (κ2) is 3.25. The van der Waals surface area contributed by atoms with Gasteiger partial charge in [-0.25, -0.2) is 0 Å². The number of aliphatic hydroxyl groups excluding tert-OH is 2. The van der Waals surface area contributed by atoms with E-state index in [4.69, 9.17) is 10.8 Å². The van der Waals surface area contributed by atoms with E-state index in [0.29, 0.717) is 0 Å². The molecular weight excluding hydrogens is 174 g/mol. The third-order valence-corrected chi connectivity index (χ3v) is 2.79. The number of hydrogen-bond donors (Lipinski definition) is 4. The van der Waals surface area contributed by atoms with Crippen molar-refractivity contribution in [2.45, 2.75) is 37.5 Å². The Morgan fingerprint density at radius 1 is 1.54 bits per heavy atom. The van der Waals surface area contributed by atoms with Crippen LogP contribution in [0.25, 0.3) is 0 Å². The van der Waals surface area contributed by atoms with Gasteiger partial charge in [0.25, 0.3) is 0 Å². The molecule has 1 saturated carbocycles. The zero-order valence-corrected chi connectivity index (χ0v) is 7.47. The van der Waals surface area contributed by atoms with Gasteiger partial charge in [-0.15, -0.1) is 0 Å². The minimum Gasteiger partial charge on any atom is -0.480 e. The molecule has 0 bridgehead atoms. The summed E-state index contributed by atoms with van der Waals surface area (Å²) >= 11 is 0. The van der Waals surface area contributed by atoms with E-state index in [1.54, 1.807) is 6.92 Å². The molecule has 0 amide bonds. The molecule has 1 rings (SSSR count). The molecule has 4 atom stereocenters. The molecule has 0 radical (unpaired) electrons. The van der Waals surface area contributed by atoms with E-state index in [1.165, 1.54) is 0 Å². The minimum absolute atomic E-state index is 0.0926. The lowest BCUT2D eigenvalue weighted by Gasteiger charge is -2.39. The van der Waals surface area contributed by atoms with E-state index in [2.05, 4.69) is 0 Å². The summed E-state index contributed by atoms with van der Waals surface area (Å²) in [5.74, 6) is -1.36. The second-order valence-corrected chi connectivity index (χ2v) is 3.85. The topological polar surface area (TPSA) is 104 Å². The average molecular weight is 189 g/mol. The van der Waals surface area contributed by atoms with Crippen molar-refractivity contribution in [3.05, 3.63) is 0 Å². The van der Waals surface area contributed by atoms with Crippen molar-refractivity contribution >= 4 is 5.97 Å². The molecule has 1 aliphatic carbocycles. The SMILES string of the molecule is CC1CC(O)C(N)(C(=O)O)CC1O. The monoisotopic (exact) mass is 189 g/mol. The van der Waals surface area contributed by atoms with Crippen LogP contribution in [0.15, 0.2) is 0 Å². The van der Waals surface area contributed by atoms with Crippen molar-refractivity contribution < 1.29 is 20.1 Å². The van der Waals surface area contributed by atoms with Crippen molar-refractivity contribution in [2.75, 3.05) is 0 Å². The molecule has 0 aromatic heterocycles. The molecule has 0 aromatic carbocycles. The predicted octanol–water partition coefficient (Wildman–Crippen LogP) is -1.08. The van der Waals surface area contributed by atoms with Crippen LogP contribution in [0.4, 0.5) is 0 Å². The molecule has 0 aromatic rings. The molecule has 0 spiro atoms. The van der Waals surface area contributed by atoms with Gasteiger partial charge in [0, 0.05) is 6.42 Å². The summed E-state index contributed by atoms with van der Waals surface area (Å²) in [6.07, 6.45) is -1.69. The van der Waals surface area contributed by atoms with Crippen molar-refractivity contribution in [2.24, 2.45) is 11.7 Å². The van der Waals surface area contributed by atoms with Crippen LogP contribution in [-0.2, 0) is 4.79 Å². The van der Waals surface area contributed by atoms with Crippen molar-refractivity contribution in [1.82, 2.24) is 0 Å². The number of carbonyl (C=O) groups is 1. The van der Waals surface area contributed by atoms with E-state index < -0.39 is 23.7 Å². The summed E-state index contributed by atoms with van der Waals surface area (Å²) in [4.78, 5) is 10.7. The van der Waals surface area contributed by atoms with E-state index >= 15 is 0 Å². The van der Waals surface area contributed by atoms with Crippen molar-refractivity contribution in [3.63, 3.8) is 0 Å². The van der Waals surface area contributed by atoms with Crippen molar-refractivity contribution in [1.29, 1.82) is 0 Å². The minimum atomic E-state index is -1.69. The van der Waals surface area contributed by atoms with Gasteiger partial charge in [0.15, 0.2) is 0 Å². The van der Waals surface area contributed by atoms with Gasteiger partial charge in [0.1, 0.15) is 5.54 Å². The molecule has 5 nitrogen and oxygen atoms in total. The largest absolute Gasteiger partial charge is 0.480 e. The van der Waals surface area contributed by atoms with Gasteiger partial charge in [-0.05, 0) is 12.3 Å². The number of carboxylic acid groups (broad SMARTS) is 1. The molecule has 5 N–H and O–H groups in total. The zero-order chi connectivity index (χ0) is 10.2. The lowest BCUT2D eigenvalue weighted by atomic mass is 9.74. The first kappa shape index (κ1) is 10.4. The van der Waals surface area contributed by atoms with E-state index in [0.717, 1.165) is 0 Å². The Balaban J connectivity index is 2.82. The highest BCUT2D eigenvalue weighted by atomic mass is 16.4. The normalized spacial score (nSPS) is 46.0. The molecule has 0 saturated heterocycles. The molecule has 1 fully saturated rings. The first-order valence-corrected chi connectivity index (χ1v) is 4.26. The van der Waals surface area contributed by atoms with Gasteiger partial charge in [0.05, 0.1) is 12.2 Å². The van der Waals surface area contributed by atoms with E-state index in [1.807, 2.05) is 0 Å². The first-order valence-electron chi connectivity index (χ1n) is 4.26. The molecule has 0 aliphatic heterocycles. The van der Waals surface area contributed by atoms with E-state index in [9.17, 15) is 15.0 Å². The number of rotatable bonds is 1. The van der Waals surface area contributed by atoms with Gasteiger partial charge in [-0.3, -0.25) is 4.79 Å². The molecule has 76 valence electrons. The molecule has 4 unspecified atom stereocenters. The van der Waals surface area contributed by atoms with Crippen LogP contribution < -0.4 is 5.73 Å². The predicted molar refractivity (Wildman–Crippen MR) is 45.0 cm³/mol. The fourth-order valence-corrected chi connectivity index (χ4v) is 1.63. The number of aliphatic hydroxyl groups is 2. The molecule has 5 heteroatoms. The highest BCUT2D eigenvalue weighted by Crippen LogP contribution is 2.30. The number of aliphatic carboxylic acids is 1. The second-order valence-electron chi connectivity index (χ2n) is 3.85. The van der Waals surface area contributed by atoms with E-state index in [-0.39, 0.29) is 18.8 Å². The Bertz CT molecular complexity index is 220. The Morgan fingerprint density at radius 2 is 2.08 bits per heavy atom. The van der Waals surface area contributed by atoms with Gasteiger partial charge in [-0.2, -0.15) is 0 Å². The highest BCUT2D eigenvalue weighted by Gasteiger charge is 2.48. The summed E-state index contributed by atoms with van der Waals surface area (Å²) in [5.41, 5.74) is 3.80. The van der Waals surface area contributed by atoms with Crippen LogP contribution in [0.5, 0.6) is 0 Å². The summed E-state index contributed by atoms with van der Waals surface area (Å²) in [5, 5.41) is 27.7.